The molecule has 0 radical (unpaired) electrons. The maximum atomic E-state index is 3.40. The van der Waals surface area contributed by atoms with E-state index < -0.39 is 0 Å². The van der Waals surface area contributed by atoms with Gasteiger partial charge in [0.15, 0.2) is 0 Å². The molecule has 0 saturated heterocycles. The summed E-state index contributed by atoms with van der Waals surface area (Å²) >= 11 is 0. The Labute approximate surface area is 76.5 Å². The first-order chi connectivity index (χ1) is 5.48. The third-order valence-electron chi connectivity index (χ3n) is 1.98. The molecular formula is C9H23N3. The molecule has 0 aromatic rings. The smallest absolute Gasteiger partial charge is 0.0246 e. The highest BCUT2D eigenvalue weighted by atomic mass is 15.1. The molecule has 2 N–H and O–H groups in total. The normalized spacial score (nSPS) is 12.5. The Kier molecular flexibility index (Phi) is 5.46. The molecule has 0 aliphatic carbocycles. The summed E-state index contributed by atoms with van der Waals surface area (Å²) in [7, 11) is 6.17. The number of hydrogen-bond acceptors (Lipinski definition) is 3. The first-order valence-corrected chi connectivity index (χ1v) is 4.52. The van der Waals surface area contributed by atoms with Crippen LogP contribution in [0.4, 0.5) is 0 Å². The lowest BCUT2D eigenvalue weighted by atomic mass is 10.1. The summed E-state index contributed by atoms with van der Waals surface area (Å²) < 4.78 is 0. The number of nitrogens with zero attached hydrogens (tertiary/aromatic N) is 1. The van der Waals surface area contributed by atoms with Crippen molar-refractivity contribution in [3.63, 3.8) is 0 Å². The van der Waals surface area contributed by atoms with Crippen LogP contribution in [0, 0.1) is 0 Å². The van der Waals surface area contributed by atoms with Gasteiger partial charge in [0, 0.05) is 25.2 Å². The third-order valence-corrected chi connectivity index (χ3v) is 1.98. The van der Waals surface area contributed by atoms with Crippen molar-refractivity contribution >= 4 is 0 Å². The van der Waals surface area contributed by atoms with Gasteiger partial charge < -0.3 is 15.5 Å². The Morgan fingerprint density at radius 3 is 2.25 bits per heavy atom. The Hall–Kier alpha value is -0.120. The SMILES string of the molecule is CNC(C)(C)CNCCN(C)C. The van der Waals surface area contributed by atoms with Gasteiger partial charge >= 0.3 is 0 Å². The molecular weight excluding hydrogens is 150 g/mol. The fraction of sp³-hybridized carbons (Fsp3) is 1.00. The third kappa shape index (κ3) is 6.58. The van der Waals surface area contributed by atoms with E-state index in [1.807, 2.05) is 7.05 Å². The molecule has 0 unspecified atom stereocenters. The van der Waals surface area contributed by atoms with Gasteiger partial charge in [-0.25, -0.2) is 0 Å². The van der Waals surface area contributed by atoms with Crippen molar-refractivity contribution in [2.75, 3.05) is 40.8 Å². The zero-order chi connectivity index (χ0) is 9.61. The molecule has 0 aliphatic heterocycles. The minimum Gasteiger partial charge on any atom is -0.314 e. The molecule has 0 aliphatic rings. The fourth-order valence-corrected chi connectivity index (χ4v) is 0.792. The molecule has 74 valence electrons. The standard InChI is InChI=1S/C9H23N3/c1-9(2,10-3)8-11-6-7-12(4)5/h10-11H,6-8H2,1-5H3. The first-order valence-electron chi connectivity index (χ1n) is 4.52. The average Bonchev–Trinajstić information content (AvgIpc) is 1.98. The van der Waals surface area contributed by atoms with Crippen molar-refractivity contribution in [2.24, 2.45) is 0 Å². The quantitative estimate of drug-likeness (QED) is 0.559. The first kappa shape index (κ1) is 11.9. The molecule has 0 amide bonds. The van der Waals surface area contributed by atoms with Gasteiger partial charge in [0.05, 0.1) is 0 Å². The van der Waals surface area contributed by atoms with E-state index in [9.17, 15) is 0 Å². The van der Waals surface area contributed by atoms with Gasteiger partial charge in [0.1, 0.15) is 0 Å². The van der Waals surface area contributed by atoms with Gasteiger partial charge in [-0.1, -0.05) is 0 Å². The predicted molar refractivity (Wildman–Crippen MR) is 54.6 cm³/mol. The minimum absolute atomic E-state index is 0.201. The summed E-state index contributed by atoms with van der Waals surface area (Å²) in [6, 6.07) is 0. The minimum atomic E-state index is 0.201. The van der Waals surface area contributed by atoms with Crippen LogP contribution in [0.5, 0.6) is 0 Å². The van der Waals surface area contributed by atoms with E-state index in [1.165, 1.54) is 0 Å². The highest BCUT2D eigenvalue weighted by Gasteiger charge is 2.12. The van der Waals surface area contributed by atoms with E-state index in [2.05, 4.69) is 43.5 Å². The molecule has 3 nitrogen and oxygen atoms in total. The maximum Gasteiger partial charge on any atom is 0.0246 e. The van der Waals surface area contributed by atoms with Crippen LogP contribution in [0.3, 0.4) is 0 Å². The molecule has 0 rings (SSSR count). The fourth-order valence-electron chi connectivity index (χ4n) is 0.792. The van der Waals surface area contributed by atoms with Crippen molar-refractivity contribution in [1.29, 1.82) is 0 Å². The van der Waals surface area contributed by atoms with E-state index in [0.29, 0.717) is 0 Å². The number of nitrogens with one attached hydrogen (secondary N) is 2. The van der Waals surface area contributed by atoms with E-state index in [-0.39, 0.29) is 5.54 Å². The molecule has 0 atom stereocenters. The Bertz CT molecular complexity index is 110. The molecule has 0 aromatic carbocycles. The Morgan fingerprint density at radius 2 is 1.83 bits per heavy atom. The average molecular weight is 173 g/mol. The number of hydrogen-bond donors (Lipinski definition) is 2. The second-order valence-electron chi connectivity index (χ2n) is 4.11. The molecule has 0 spiro atoms. The summed E-state index contributed by atoms with van der Waals surface area (Å²) in [5.74, 6) is 0. The monoisotopic (exact) mass is 173 g/mol. The van der Waals surface area contributed by atoms with Crippen molar-refractivity contribution in [3.8, 4) is 0 Å². The lowest BCUT2D eigenvalue weighted by molar-refractivity contribution is 0.360. The Balaban J connectivity index is 3.31. The second-order valence-corrected chi connectivity index (χ2v) is 4.11. The molecule has 3 heteroatoms. The van der Waals surface area contributed by atoms with E-state index in [1.54, 1.807) is 0 Å². The van der Waals surface area contributed by atoms with Gasteiger partial charge in [0.25, 0.3) is 0 Å². The zero-order valence-corrected chi connectivity index (χ0v) is 9.07. The summed E-state index contributed by atoms with van der Waals surface area (Å²) in [5.41, 5.74) is 0.201. The van der Waals surface area contributed by atoms with Gasteiger partial charge in [-0.3, -0.25) is 0 Å². The van der Waals surface area contributed by atoms with Crippen molar-refractivity contribution in [1.82, 2.24) is 15.5 Å². The van der Waals surface area contributed by atoms with Crippen LogP contribution in [-0.4, -0.2) is 51.2 Å². The molecule has 0 bridgehead atoms. The van der Waals surface area contributed by atoms with Crippen LogP contribution in [0.15, 0.2) is 0 Å². The van der Waals surface area contributed by atoms with Gasteiger partial charge in [-0.2, -0.15) is 0 Å². The highest BCUT2D eigenvalue weighted by molar-refractivity contribution is 4.77. The topological polar surface area (TPSA) is 27.3 Å². The van der Waals surface area contributed by atoms with Crippen LogP contribution in [0.1, 0.15) is 13.8 Å². The van der Waals surface area contributed by atoms with E-state index in [0.717, 1.165) is 19.6 Å². The second kappa shape index (κ2) is 5.51. The van der Waals surface area contributed by atoms with Crippen LogP contribution in [-0.2, 0) is 0 Å². The van der Waals surface area contributed by atoms with E-state index >= 15 is 0 Å². The molecule has 0 heterocycles. The van der Waals surface area contributed by atoms with E-state index in [4.69, 9.17) is 0 Å². The van der Waals surface area contributed by atoms with Crippen molar-refractivity contribution in [2.45, 2.75) is 19.4 Å². The molecule has 12 heavy (non-hydrogen) atoms. The number of likely N-dealkylation sites (N-methyl/N-ethyl adjacent to an activating group) is 2. The Morgan fingerprint density at radius 1 is 1.25 bits per heavy atom. The zero-order valence-electron chi connectivity index (χ0n) is 9.07. The lowest BCUT2D eigenvalue weighted by Gasteiger charge is -2.24. The lowest BCUT2D eigenvalue weighted by Crippen LogP contribution is -2.46. The summed E-state index contributed by atoms with van der Waals surface area (Å²) in [6.07, 6.45) is 0. The van der Waals surface area contributed by atoms with Crippen LogP contribution >= 0.6 is 0 Å². The molecule has 0 aromatic heterocycles. The number of rotatable bonds is 6. The predicted octanol–water partition coefficient (Wildman–Crippen LogP) is 0.136. The summed E-state index contributed by atoms with van der Waals surface area (Å²) in [6.45, 7) is 7.54. The largest absolute Gasteiger partial charge is 0.314 e. The van der Waals surface area contributed by atoms with Crippen molar-refractivity contribution in [3.05, 3.63) is 0 Å². The maximum absolute atomic E-state index is 3.40. The van der Waals surface area contributed by atoms with Gasteiger partial charge in [0.2, 0.25) is 0 Å². The summed E-state index contributed by atoms with van der Waals surface area (Å²) in [4.78, 5) is 2.18. The van der Waals surface area contributed by atoms with Crippen LogP contribution in [0.2, 0.25) is 0 Å². The summed E-state index contributed by atoms with van der Waals surface area (Å²) in [5, 5.41) is 6.66. The van der Waals surface area contributed by atoms with Crippen LogP contribution < -0.4 is 10.6 Å². The van der Waals surface area contributed by atoms with Gasteiger partial charge in [-0.05, 0) is 35.0 Å². The van der Waals surface area contributed by atoms with Gasteiger partial charge in [-0.15, -0.1) is 0 Å². The molecule has 0 fully saturated rings. The van der Waals surface area contributed by atoms with Crippen LogP contribution in [0.25, 0.3) is 0 Å². The highest BCUT2D eigenvalue weighted by Crippen LogP contribution is 1.96. The molecule has 0 saturated carbocycles. The van der Waals surface area contributed by atoms with Crippen molar-refractivity contribution < 1.29 is 0 Å².